The standard InChI is InChI=1S/C17H16N2O5S/c1-10-4-3-5-14(16(10)17(21)24-2)19-25(22,23)12-6-7-13-11(8-12)9-15(20)18-13/h3-8,19H,9H2,1-2H3,(H,18,20). The zero-order chi connectivity index (χ0) is 18.2. The monoisotopic (exact) mass is 360 g/mol. The molecule has 1 amide bonds. The highest BCUT2D eigenvalue weighted by Crippen LogP contribution is 2.28. The molecular weight excluding hydrogens is 344 g/mol. The van der Waals surface area contributed by atoms with E-state index in [4.69, 9.17) is 4.74 Å². The van der Waals surface area contributed by atoms with Crippen LogP contribution in [-0.4, -0.2) is 27.4 Å². The van der Waals surface area contributed by atoms with E-state index < -0.39 is 16.0 Å². The molecule has 3 rings (SSSR count). The molecule has 0 spiro atoms. The summed E-state index contributed by atoms with van der Waals surface area (Å²) in [6.45, 7) is 1.69. The summed E-state index contributed by atoms with van der Waals surface area (Å²) >= 11 is 0. The minimum atomic E-state index is -3.93. The first-order chi connectivity index (χ1) is 11.8. The van der Waals surface area contributed by atoms with Crippen LogP contribution < -0.4 is 10.0 Å². The third kappa shape index (κ3) is 3.20. The fourth-order valence-corrected chi connectivity index (χ4v) is 3.82. The molecule has 8 heteroatoms. The van der Waals surface area contributed by atoms with Crippen LogP contribution in [-0.2, 0) is 26.0 Å². The average molecular weight is 360 g/mol. The van der Waals surface area contributed by atoms with Crippen molar-refractivity contribution < 1.29 is 22.7 Å². The van der Waals surface area contributed by atoms with E-state index in [2.05, 4.69) is 10.0 Å². The van der Waals surface area contributed by atoms with Crippen molar-refractivity contribution in [2.24, 2.45) is 0 Å². The summed E-state index contributed by atoms with van der Waals surface area (Å²) in [5, 5.41) is 2.65. The number of methoxy groups -OCH3 is 1. The summed E-state index contributed by atoms with van der Waals surface area (Å²) in [5.41, 5.74) is 2.11. The number of carbonyl (C=O) groups is 2. The van der Waals surface area contributed by atoms with Gasteiger partial charge in [0.05, 0.1) is 29.7 Å². The third-order valence-corrected chi connectivity index (χ3v) is 5.28. The Balaban J connectivity index is 1.99. The Morgan fingerprint density at radius 1 is 1.24 bits per heavy atom. The first-order valence-electron chi connectivity index (χ1n) is 7.45. The number of amides is 1. The Hall–Kier alpha value is -2.87. The molecule has 25 heavy (non-hydrogen) atoms. The molecule has 0 saturated carbocycles. The molecule has 0 aromatic heterocycles. The van der Waals surface area contributed by atoms with Crippen molar-refractivity contribution in [1.29, 1.82) is 0 Å². The van der Waals surface area contributed by atoms with Crippen molar-refractivity contribution in [2.45, 2.75) is 18.2 Å². The van der Waals surface area contributed by atoms with Gasteiger partial charge in [-0.25, -0.2) is 13.2 Å². The quantitative estimate of drug-likeness (QED) is 0.813. The Kier molecular flexibility index (Phi) is 4.22. The van der Waals surface area contributed by atoms with E-state index in [1.165, 1.54) is 25.3 Å². The molecule has 7 nitrogen and oxygen atoms in total. The third-order valence-electron chi connectivity index (χ3n) is 3.92. The predicted octanol–water partition coefficient (Wildman–Crippen LogP) is 2.08. The van der Waals surface area contributed by atoms with Crippen molar-refractivity contribution >= 4 is 33.3 Å². The lowest BCUT2D eigenvalue weighted by Gasteiger charge is -2.14. The van der Waals surface area contributed by atoms with Crippen LogP contribution in [0.3, 0.4) is 0 Å². The molecule has 2 aromatic rings. The van der Waals surface area contributed by atoms with E-state index in [-0.39, 0.29) is 28.5 Å². The zero-order valence-corrected chi connectivity index (χ0v) is 14.4. The molecule has 0 atom stereocenters. The van der Waals surface area contributed by atoms with Crippen molar-refractivity contribution in [2.75, 3.05) is 17.1 Å². The molecule has 0 aliphatic carbocycles. The minimum absolute atomic E-state index is 0.0140. The van der Waals surface area contributed by atoms with Gasteiger partial charge in [0.25, 0.3) is 10.0 Å². The van der Waals surface area contributed by atoms with Crippen LogP contribution in [0.4, 0.5) is 11.4 Å². The van der Waals surface area contributed by atoms with Crippen LogP contribution in [0.25, 0.3) is 0 Å². The van der Waals surface area contributed by atoms with Crippen molar-refractivity contribution in [3.8, 4) is 0 Å². The number of sulfonamides is 1. The van der Waals surface area contributed by atoms with Crippen LogP contribution in [0, 0.1) is 6.92 Å². The molecule has 0 unspecified atom stereocenters. The van der Waals surface area contributed by atoms with Crippen LogP contribution in [0.15, 0.2) is 41.3 Å². The van der Waals surface area contributed by atoms with Gasteiger partial charge in [0.2, 0.25) is 5.91 Å². The smallest absolute Gasteiger partial charge is 0.340 e. The zero-order valence-electron chi connectivity index (χ0n) is 13.6. The van der Waals surface area contributed by atoms with E-state index in [1.807, 2.05) is 0 Å². The Morgan fingerprint density at radius 3 is 2.72 bits per heavy atom. The van der Waals surface area contributed by atoms with Gasteiger partial charge in [-0.3, -0.25) is 9.52 Å². The summed E-state index contributed by atoms with van der Waals surface area (Å²) < 4.78 is 32.5. The SMILES string of the molecule is COC(=O)c1c(C)cccc1NS(=O)(=O)c1ccc2c(c1)CC(=O)N2. The molecule has 2 N–H and O–H groups in total. The summed E-state index contributed by atoms with van der Waals surface area (Å²) in [6, 6.07) is 9.23. The molecule has 1 aliphatic heterocycles. The molecule has 1 aliphatic rings. The molecule has 0 radical (unpaired) electrons. The van der Waals surface area contributed by atoms with Gasteiger partial charge in [-0.1, -0.05) is 12.1 Å². The van der Waals surface area contributed by atoms with E-state index >= 15 is 0 Å². The van der Waals surface area contributed by atoms with E-state index in [1.54, 1.807) is 25.1 Å². The number of hydrogen-bond donors (Lipinski definition) is 2. The van der Waals surface area contributed by atoms with Gasteiger partial charge in [0, 0.05) is 5.69 Å². The van der Waals surface area contributed by atoms with Gasteiger partial charge in [-0.2, -0.15) is 0 Å². The molecule has 0 saturated heterocycles. The summed E-state index contributed by atoms with van der Waals surface area (Å²) in [6.07, 6.45) is 0.135. The number of nitrogens with one attached hydrogen (secondary N) is 2. The second-order valence-corrected chi connectivity index (χ2v) is 7.32. The van der Waals surface area contributed by atoms with Crippen molar-refractivity contribution in [3.63, 3.8) is 0 Å². The highest BCUT2D eigenvalue weighted by atomic mass is 32.2. The van der Waals surface area contributed by atoms with Gasteiger partial charge in [-0.05, 0) is 42.3 Å². The number of carbonyl (C=O) groups excluding carboxylic acids is 2. The largest absolute Gasteiger partial charge is 0.465 e. The Bertz CT molecular complexity index is 983. The van der Waals surface area contributed by atoms with E-state index in [9.17, 15) is 18.0 Å². The molecular formula is C17H16N2O5S. The number of ether oxygens (including phenoxy) is 1. The van der Waals surface area contributed by atoms with Gasteiger partial charge in [-0.15, -0.1) is 0 Å². The maximum absolute atomic E-state index is 12.7. The van der Waals surface area contributed by atoms with Crippen LogP contribution >= 0.6 is 0 Å². The molecule has 0 fully saturated rings. The second-order valence-electron chi connectivity index (χ2n) is 5.64. The van der Waals surface area contributed by atoms with Gasteiger partial charge in [0.1, 0.15) is 0 Å². The number of hydrogen-bond acceptors (Lipinski definition) is 5. The van der Waals surface area contributed by atoms with Crippen LogP contribution in [0.1, 0.15) is 21.5 Å². The number of anilines is 2. The maximum atomic E-state index is 12.7. The van der Waals surface area contributed by atoms with Gasteiger partial charge < -0.3 is 10.1 Å². The predicted molar refractivity (Wildman–Crippen MR) is 92.1 cm³/mol. The maximum Gasteiger partial charge on any atom is 0.340 e. The molecule has 0 bridgehead atoms. The van der Waals surface area contributed by atoms with Crippen molar-refractivity contribution in [3.05, 3.63) is 53.1 Å². The first-order valence-corrected chi connectivity index (χ1v) is 8.93. The van der Waals surface area contributed by atoms with Crippen LogP contribution in [0.2, 0.25) is 0 Å². The minimum Gasteiger partial charge on any atom is -0.465 e. The summed E-state index contributed by atoms with van der Waals surface area (Å²) in [5.74, 6) is -0.802. The number of rotatable bonds is 4. The topological polar surface area (TPSA) is 102 Å². The average Bonchev–Trinajstić information content (AvgIpc) is 2.93. The molecule has 1 heterocycles. The number of aryl methyl sites for hydroxylation is 1. The summed E-state index contributed by atoms with van der Waals surface area (Å²) in [7, 11) is -2.70. The van der Waals surface area contributed by atoms with Gasteiger partial charge >= 0.3 is 5.97 Å². The van der Waals surface area contributed by atoms with E-state index in [0.717, 1.165) is 0 Å². The highest BCUT2D eigenvalue weighted by molar-refractivity contribution is 7.92. The molecule has 130 valence electrons. The lowest BCUT2D eigenvalue weighted by Crippen LogP contribution is -2.17. The molecule has 2 aromatic carbocycles. The van der Waals surface area contributed by atoms with Gasteiger partial charge in [0.15, 0.2) is 0 Å². The lowest BCUT2D eigenvalue weighted by molar-refractivity contribution is -0.115. The first kappa shape index (κ1) is 17.0. The Labute approximate surface area is 145 Å². The Morgan fingerprint density at radius 2 is 2.00 bits per heavy atom. The lowest BCUT2D eigenvalue weighted by atomic mass is 10.1. The van der Waals surface area contributed by atoms with Crippen molar-refractivity contribution in [1.82, 2.24) is 0 Å². The fourth-order valence-electron chi connectivity index (χ4n) is 2.70. The summed E-state index contributed by atoms with van der Waals surface area (Å²) in [4.78, 5) is 23.4. The number of benzene rings is 2. The fraction of sp³-hybridized carbons (Fsp3) is 0.176. The normalized spacial score (nSPS) is 13.1. The number of esters is 1. The second kappa shape index (κ2) is 6.21. The van der Waals surface area contributed by atoms with E-state index in [0.29, 0.717) is 16.8 Å². The highest BCUT2D eigenvalue weighted by Gasteiger charge is 2.24. The van der Waals surface area contributed by atoms with Crippen LogP contribution in [0.5, 0.6) is 0 Å². The number of fused-ring (bicyclic) bond motifs is 1.